The van der Waals surface area contributed by atoms with Crippen LogP contribution >= 0.6 is 70.6 Å². The number of unbranched alkanes of at least 4 members (excludes halogenated alkanes) is 10. The standard InChI is InChI=1S/C14H14.C10H14.C9H12O.C8H10O2.C8H10S2.C7H16.C6H14O.C6H14.C5H12O2.C5H12O.C5H12S2.C4H10O2.C4H10S2/c1-11-7-3-5-9-13(11)14-10-6-4-8-12(14)2;1-3-9-7-5-6-8-10(9)4-2;1-3-8-6-4-5-7-9(8)10-2;2*1-9-7-5-3-4-6-8(7)10-2;1-3-5-7-6-4-2;1-3-4-5-6-7-2;1-3-5-6-4-2;1-6-4-3-5-7-2;1-3-4-5-6-2;1-6-4-3-5-7-2;2*1-5-3-4-6-2/h3-10H,1-2H3;5-8H,3-4H2,1-2H3;4-7H,3H2,1-2H3;2*3-6H,1-2H3;3-7H2,1-2H3;3-6H2,1-2H3;3-6H2,1-2H3;3-5H2,1-2H3;3-5H2,1-2H3;3-5H2,1-2H3;2*3-4H2,1-2H3. The van der Waals surface area contributed by atoms with Gasteiger partial charge in [-0.3, -0.25) is 0 Å². The van der Waals surface area contributed by atoms with Gasteiger partial charge in [0, 0.05) is 90.4 Å². The van der Waals surface area contributed by atoms with Gasteiger partial charge >= 0.3 is 0 Å². The zero-order valence-corrected chi connectivity index (χ0v) is 77.4. The molecule has 0 spiro atoms. The van der Waals surface area contributed by atoms with Crippen LogP contribution in [0.15, 0.2) is 155 Å². The lowest BCUT2D eigenvalue weighted by atomic mass is 9.97. The second kappa shape index (κ2) is 102. The number of ether oxygens (including phenoxy) is 9. The molecule has 0 saturated heterocycles. The minimum absolute atomic E-state index is 0.691. The molecular formula is C91H160O9S6. The summed E-state index contributed by atoms with van der Waals surface area (Å²) in [5, 5.41) is 0. The first kappa shape index (κ1) is 116. The molecule has 6 aromatic carbocycles. The average Bonchev–Trinajstić information content (AvgIpc) is 0.839. The summed E-state index contributed by atoms with van der Waals surface area (Å²) in [4.78, 5) is 2.74. The first-order valence-corrected chi connectivity index (χ1v) is 46.7. The molecule has 0 heterocycles. The monoisotopic (exact) mass is 1590 g/mol. The van der Waals surface area contributed by atoms with Crippen LogP contribution in [0.2, 0.25) is 0 Å². The van der Waals surface area contributed by atoms with E-state index in [2.05, 4.69) is 226 Å². The van der Waals surface area contributed by atoms with E-state index in [0.29, 0.717) is 13.2 Å². The summed E-state index contributed by atoms with van der Waals surface area (Å²) in [6.45, 7) is 29.0. The van der Waals surface area contributed by atoms with Crippen LogP contribution < -0.4 is 14.2 Å². The van der Waals surface area contributed by atoms with Crippen molar-refractivity contribution in [2.45, 2.75) is 208 Å². The number of methoxy groups -OCH3 is 9. The maximum atomic E-state index is 5.14. The lowest BCUT2D eigenvalue weighted by Gasteiger charge is -2.08. The summed E-state index contributed by atoms with van der Waals surface area (Å²) < 4.78 is 43.6. The van der Waals surface area contributed by atoms with Gasteiger partial charge in [-0.25, -0.2) is 0 Å². The van der Waals surface area contributed by atoms with Gasteiger partial charge in [0.25, 0.3) is 0 Å². The first-order chi connectivity index (χ1) is 51.6. The number of hydrogen-bond acceptors (Lipinski definition) is 15. The normalized spacial score (nSPS) is 9.45. The fourth-order valence-corrected chi connectivity index (χ4v) is 12.4. The van der Waals surface area contributed by atoms with Gasteiger partial charge in [0.1, 0.15) is 5.75 Å². The lowest BCUT2D eigenvalue weighted by Crippen LogP contribution is -1.96. The highest BCUT2D eigenvalue weighted by Crippen LogP contribution is 2.28. The van der Waals surface area contributed by atoms with Gasteiger partial charge in [0.15, 0.2) is 11.5 Å². The minimum atomic E-state index is 0.691. The molecule has 0 unspecified atom stereocenters. The van der Waals surface area contributed by atoms with E-state index in [1.54, 1.807) is 87.5 Å². The van der Waals surface area contributed by atoms with Gasteiger partial charge in [-0.05, 0) is 177 Å². The van der Waals surface area contributed by atoms with E-state index < -0.39 is 0 Å². The van der Waals surface area contributed by atoms with E-state index in [1.165, 1.54) is 168 Å². The molecule has 6 rings (SSSR count). The predicted molar refractivity (Wildman–Crippen MR) is 491 cm³/mol. The minimum Gasteiger partial charge on any atom is -0.496 e. The molecule has 15 heteroatoms. The molecule has 0 saturated carbocycles. The van der Waals surface area contributed by atoms with Crippen LogP contribution in [-0.2, 0) is 47.7 Å². The molecule has 0 aliphatic heterocycles. The molecule has 106 heavy (non-hydrogen) atoms. The van der Waals surface area contributed by atoms with Crippen molar-refractivity contribution in [1.29, 1.82) is 0 Å². The van der Waals surface area contributed by atoms with Crippen molar-refractivity contribution in [3.05, 3.63) is 173 Å². The highest BCUT2D eigenvalue weighted by atomic mass is 32.2. The molecule has 0 aliphatic carbocycles. The van der Waals surface area contributed by atoms with Crippen molar-refractivity contribution in [3.63, 3.8) is 0 Å². The fraction of sp³-hybridized carbons (Fsp3) is 0.604. The quantitative estimate of drug-likeness (QED) is 0.0274. The Bertz CT molecular complexity index is 2150. The maximum Gasteiger partial charge on any atom is 0.160 e. The fourth-order valence-electron chi connectivity index (χ4n) is 8.56. The van der Waals surface area contributed by atoms with E-state index >= 15 is 0 Å². The molecule has 614 valence electrons. The third-order valence-electron chi connectivity index (χ3n) is 14.8. The Hall–Kier alpha value is -3.42. The average molecular weight is 1590 g/mol. The molecule has 0 aromatic heterocycles. The van der Waals surface area contributed by atoms with Crippen molar-refractivity contribution in [2.24, 2.45) is 0 Å². The van der Waals surface area contributed by atoms with Crippen LogP contribution in [-0.4, -0.2) is 164 Å². The SMILES string of the molecule is CCCCCC.CCCCCCC.CCCCCOC.CCCCOC.CCc1ccccc1CC.CCc1ccccc1OC.COCCCOC.COCCOC.COc1ccccc1OC.CSCCCSC.CSCCSC.CSc1ccccc1SC.Cc1ccccc1-c1ccccc1C. The number of rotatable bonds is 37. The Morgan fingerprint density at radius 3 is 0.802 bits per heavy atom. The van der Waals surface area contributed by atoms with Gasteiger partial charge in [-0.2, -0.15) is 47.0 Å². The number of hydrogen-bond donors (Lipinski definition) is 0. The molecule has 0 amide bonds. The van der Waals surface area contributed by atoms with Crippen molar-refractivity contribution >= 4 is 70.6 Å². The topological polar surface area (TPSA) is 83.1 Å². The molecule has 0 radical (unpaired) electrons. The third kappa shape index (κ3) is 81.6. The summed E-state index contributed by atoms with van der Waals surface area (Å²) >= 11 is 11.3. The number of thioether (sulfide) groups is 6. The molecule has 0 fully saturated rings. The number of aryl methyl sites for hydroxylation is 5. The molecular weight excluding hydrogens is 1430 g/mol. The van der Waals surface area contributed by atoms with Crippen LogP contribution in [0.4, 0.5) is 0 Å². The molecule has 0 aliphatic rings. The van der Waals surface area contributed by atoms with E-state index in [1.807, 2.05) is 89.5 Å². The first-order valence-electron chi connectivity index (χ1n) is 38.7. The summed E-state index contributed by atoms with van der Waals surface area (Å²) in [6.07, 6.45) is 37.3. The Morgan fingerprint density at radius 2 is 0.519 bits per heavy atom. The zero-order chi connectivity index (χ0) is 81.0. The van der Waals surface area contributed by atoms with Crippen LogP contribution in [0, 0.1) is 13.8 Å². The highest BCUT2D eigenvalue weighted by Gasteiger charge is 2.03. The Morgan fingerprint density at radius 1 is 0.245 bits per heavy atom. The van der Waals surface area contributed by atoms with Gasteiger partial charge < -0.3 is 42.6 Å². The number of benzene rings is 6. The lowest BCUT2D eigenvalue weighted by molar-refractivity contribution is 0.103. The summed E-state index contributed by atoms with van der Waals surface area (Å²) in [5.41, 5.74) is 9.60. The van der Waals surface area contributed by atoms with Crippen LogP contribution in [0.25, 0.3) is 11.1 Å². The van der Waals surface area contributed by atoms with Gasteiger partial charge in [0.2, 0.25) is 0 Å². The van der Waals surface area contributed by atoms with E-state index in [4.69, 9.17) is 33.2 Å². The van der Waals surface area contributed by atoms with E-state index in [9.17, 15) is 0 Å². The van der Waals surface area contributed by atoms with Crippen molar-refractivity contribution in [3.8, 4) is 28.4 Å². The summed E-state index contributed by atoms with van der Waals surface area (Å²) in [5.74, 6) is 7.75. The van der Waals surface area contributed by atoms with Crippen LogP contribution in [0.1, 0.15) is 193 Å². The summed E-state index contributed by atoms with van der Waals surface area (Å²) in [6, 6.07) is 49.7. The second-order valence-electron chi connectivity index (χ2n) is 23.4. The van der Waals surface area contributed by atoms with Gasteiger partial charge in [-0.1, -0.05) is 255 Å². The van der Waals surface area contributed by atoms with E-state index in [0.717, 1.165) is 69.4 Å². The van der Waals surface area contributed by atoms with Crippen molar-refractivity contribution in [2.75, 3.05) is 164 Å². The summed E-state index contributed by atoms with van der Waals surface area (Å²) in [7, 11) is 15.1. The maximum absolute atomic E-state index is 5.14. The zero-order valence-electron chi connectivity index (χ0n) is 72.5. The smallest absolute Gasteiger partial charge is 0.160 e. The predicted octanol–water partition coefficient (Wildman–Crippen LogP) is 27.5. The number of para-hydroxylation sites is 3. The van der Waals surface area contributed by atoms with Gasteiger partial charge in [0.05, 0.1) is 34.5 Å². The van der Waals surface area contributed by atoms with E-state index in [-0.39, 0.29) is 0 Å². The third-order valence-corrected chi connectivity index (χ3v) is 19.4. The molecule has 0 bridgehead atoms. The highest BCUT2D eigenvalue weighted by molar-refractivity contribution is 8.02. The van der Waals surface area contributed by atoms with Gasteiger partial charge in [-0.15, -0.1) is 23.5 Å². The van der Waals surface area contributed by atoms with Crippen LogP contribution in [0.3, 0.4) is 0 Å². The Balaban J connectivity index is -0.000000202. The molecule has 0 atom stereocenters. The largest absolute Gasteiger partial charge is 0.496 e. The Kier molecular flexibility index (Phi) is 111. The second-order valence-corrected chi connectivity index (χ2v) is 29.1. The molecule has 9 nitrogen and oxygen atoms in total. The van der Waals surface area contributed by atoms with Crippen molar-refractivity contribution in [1.82, 2.24) is 0 Å². The van der Waals surface area contributed by atoms with Crippen molar-refractivity contribution < 1.29 is 42.6 Å². The Labute approximate surface area is 682 Å². The van der Waals surface area contributed by atoms with Crippen LogP contribution in [0.5, 0.6) is 17.2 Å². The molecule has 0 N–H and O–H groups in total. The molecule has 6 aromatic rings.